The van der Waals surface area contributed by atoms with E-state index in [4.69, 9.17) is 4.52 Å². The van der Waals surface area contributed by atoms with Gasteiger partial charge in [-0.05, 0) is 49.4 Å². The van der Waals surface area contributed by atoms with E-state index in [-0.39, 0.29) is 17.6 Å². The average molecular weight is 371 g/mol. The van der Waals surface area contributed by atoms with Crippen LogP contribution < -0.4 is 0 Å². The first-order valence-electron chi connectivity index (χ1n) is 10.1. The minimum absolute atomic E-state index is 0.0795. The molecule has 6 heteroatoms. The lowest BCUT2D eigenvalue weighted by atomic mass is 9.96. The van der Waals surface area contributed by atoms with Gasteiger partial charge in [-0.15, -0.1) is 0 Å². The number of benzene rings is 1. The molecule has 0 bridgehead atoms. The van der Waals surface area contributed by atoms with Crippen molar-refractivity contribution in [2.45, 2.75) is 57.3 Å². The van der Waals surface area contributed by atoms with Gasteiger partial charge in [-0.3, -0.25) is 4.79 Å². The summed E-state index contributed by atoms with van der Waals surface area (Å²) >= 11 is 0. The number of piperidine rings is 1. The molecule has 1 saturated carbocycles. The predicted molar refractivity (Wildman–Crippen MR) is 99.4 cm³/mol. The summed E-state index contributed by atoms with van der Waals surface area (Å²) in [6.45, 7) is 1.47. The Morgan fingerprint density at radius 3 is 2.70 bits per heavy atom. The molecule has 0 N–H and O–H groups in total. The molecule has 1 aliphatic carbocycles. The van der Waals surface area contributed by atoms with Crippen LogP contribution in [0.2, 0.25) is 0 Å². The Kier molecular flexibility index (Phi) is 5.50. The van der Waals surface area contributed by atoms with Gasteiger partial charge in [0.25, 0.3) is 0 Å². The maximum absolute atomic E-state index is 13.1. The first-order chi connectivity index (χ1) is 13.2. The molecule has 1 aromatic heterocycles. The van der Waals surface area contributed by atoms with E-state index in [2.05, 4.69) is 10.1 Å². The number of aromatic nitrogens is 2. The number of hydrogen-bond donors (Lipinski definition) is 0. The zero-order valence-electron chi connectivity index (χ0n) is 15.6. The maximum atomic E-state index is 13.1. The van der Waals surface area contributed by atoms with Gasteiger partial charge in [0.2, 0.25) is 17.6 Å². The second-order valence-corrected chi connectivity index (χ2v) is 7.83. The van der Waals surface area contributed by atoms with Gasteiger partial charge >= 0.3 is 0 Å². The molecule has 0 unspecified atom stereocenters. The lowest BCUT2D eigenvalue weighted by molar-refractivity contribution is -0.132. The molecule has 1 atom stereocenters. The summed E-state index contributed by atoms with van der Waals surface area (Å²) in [7, 11) is 0. The Morgan fingerprint density at radius 2 is 1.93 bits per heavy atom. The maximum Gasteiger partial charge on any atom is 0.231 e. The van der Waals surface area contributed by atoms with Crippen LogP contribution in [0.4, 0.5) is 4.39 Å². The fourth-order valence-electron chi connectivity index (χ4n) is 4.31. The smallest absolute Gasteiger partial charge is 0.231 e. The van der Waals surface area contributed by atoms with Crippen molar-refractivity contribution in [1.29, 1.82) is 0 Å². The van der Waals surface area contributed by atoms with E-state index >= 15 is 0 Å². The van der Waals surface area contributed by atoms with Gasteiger partial charge in [-0.1, -0.05) is 30.8 Å². The predicted octanol–water partition coefficient (Wildman–Crippen LogP) is 4.55. The van der Waals surface area contributed by atoms with E-state index in [1.807, 2.05) is 4.90 Å². The fourth-order valence-corrected chi connectivity index (χ4v) is 4.31. The summed E-state index contributed by atoms with van der Waals surface area (Å²) in [4.78, 5) is 19.1. The summed E-state index contributed by atoms with van der Waals surface area (Å²) in [5, 5.41) is 4.04. The minimum atomic E-state index is -0.290. The molecule has 1 amide bonds. The lowest BCUT2D eigenvalue weighted by Crippen LogP contribution is -2.39. The second kappa shape index (κ2) is 8.19. The molecule has 1 aliphatic heterocycles. The number of rotatable bonds is 5. The van der Waals surface area contributed by atoms with E-state index in [0.717, 1.165) is 37.3 Å². The van der Waals surface area contributed by atoms with Crippen LogP contribution >= 0.6 is 0 Å². The molecule has 27 heavy (non-hydrogen) atoms. The molecule has 1 aromatic carbocycles. The molecular formula is C21H26FN3O2. The number of amides is 1. The molecule has 5 nitrogen and oxygen atoms in total. The molecule has 4 rings (SSSR count). The van der Waals surface area contributed by atoms with Gasteiger partial charge in [0.1, 0.15) is 5.82 Å². The molecule has 2 fully saturated rings. The van der Waals surface area contributed by atoms with Crippen molar-refractivity contribution >= 4 is 5.91 Å². The van der Waals surface area contributed by atoms with Crippen LogP contribution in [-0.4, -0.2) is 34.0 Å². The molecule has 144 valence electrons. The molecule has 2 aliphatic rings. The van der Waals surface area contributed by atoms with Gasteiger partial charge < -0.3 is 9.42 Å². The molecular weight excluding hydrogens is 345 g/mol. The highest BCUT2D eigenvalue weighted by Gasteiger charge is 2.29. The quantitative estimate of drug-likeness (QED) is 0.773. The van der Waals surface area contributed by atoms with Crippen LogP contribution in [0, 0.1) is 11.7 Å². The summed E-state index contributed by atoms with van der Waals surface area (Å²) in [5.41, 5.74) is 0.728. The largest absolute Gasteiger partial charge is 0.342 e. The summed E-state index contributed by atoms with van der Waals surface area (Å²) in [6, 6.07) is 6.06. The Hall–Kier alpha value is -2.24. The zero-order valence-corrected chi connectivity index (χ0v) is 15.6. The van der Waals surface area contributed by atoms with E-state index < -0.39 is 0 Å². The number of carbonyl (C=O) groups excluding carboxylic acids is 1. The van der Waals surface area contributed by atoms with E-state index in [0.29, 0.717) is 24.7 Å². The standard InChI is InChI=1S/C21H26FN3O2/c22-18-10-8-16(9-11-18)20-23-21(27-24-20)17-6-3-13-25(14-17)19(26)12-7-15-4-1-2-5-15/h8-11,15,17H,1-7,12-14H2/t17-/m1/s1. The highest BCUT2D eigenvalue weighted by Crippen LogP contribution is 2.31. The molecule has 1 saturated heterocycles. The Balaban J connectivity index is 1.36. The third kappa shape index (κ3) is 4.37. The van der Waals surface area contributed by atoms with Gasteiger partial charge in [0, 0.05) is 25.1 Å². The van der Waals surface area contributed by atoms with Crippen LogP contribution in [0.3, 0.4) is 0 Å². The third-order valence-corrected chi connectivity index (χ3v) is 5.91. The van der Waals surface area contributed by atoms with Gasteiger partial charge in [0.15, 0.2) is 0 Å². The monoisotopic (exact) mass is 371 g/mol. The number of halogens is 1. The highest BCUT2D eigenvalue weighted by molar-refractivity contribution is 5.76. The van der Waals surface area contributed by atoms with Gasteiger partial charge in [-0.25, -0.2) is 4.39 Å². The fraction of sp³-hybridized carbons (Fsp3) is 0.571. The van der Waals surface area contributed by atoms with Crippen LogP contribution in [0.5, 0.6) is 0 Å². The molecule has 0 spiro atoms. The van der Waals surface area contributed by atoms with E-state index in [1.54, 1.807) is 12.1 Å². The van der Waals surface area contributed by atoms with Crippen LogP contribution in [0.25, 0.3) is 11.4 Å². The number of nitrogens with zero attached hydrogens (tertiary/aromatic N) is 3. The van der Waals surface area contributed by atoms with Crippen LogP contribution in [0.15, 0.2) is 28.8 Å². The molecule has 0 radical (unpaired) electrons. The zero-order chi connectivity index (χ0) is 18.6. The summed E-state index contributed by atoms with van der Waals surface area (Å²) in [5.74, 6) is 1.82. The number of carbonyl (C=O) groups is 1. The first-order valence-corrected chi connectivity index (χ1v) is 10.1. The van der Waals surface area contributed by atoms with Gasteiger partial charge in [0.05, 0.1) is 5.92 Å². The summed E-state index contributed by atoms with van der Waals surface area (Å²) < 4.78 is 18.5. The van der Waals surface area contributed by atoms with Crippen molar-refractivity contribution in [3.05, 3.63) is 36.0 Å². The van der Waals surface area contributed by atoms with Crippen molar-refractivity contribution in [3.63, 3.8) is 0 Å². The topological polar surface area (TPSA) is 59.2 Å². The first kappa shape index (κ1) is 18.1. The van der Waals surface area contributed by atoms with Crippen molar-refractivity contribution in [1.82, 2.24) is 15.0 Å². The van der Waals surface area contributed by atoms with Crippen LogP contribution in [-0.2, 0) is 4.79 Å². The van der Waals surface area contributed by atoms with Crippen molar-refractivity contribution in [2.75, 3.05) is 13.1 Å². The molecule has 2 aromatic rings. The average Bonchev–Trinajstić information content (AvgIpc) is 3.39. The number of hydrogen-bond acceptors (Lipinski definition) is 4. The number of likely N-dealkylation sites (tertiary alicyclic amines) is 1. The normalized spacial score (nSPS) is 20.9. The van der Waals surface area contributed by atoms with Crippen molar-refractivity contribution < 1.29 is 13.7 Å². The highest BCUT2D eigenvalue weighted by atomic mass is 19.1. The van der Waals surface area contributed by atoms with Crippen molar-refractivity contribution in [2.24, 2.45) is 5.92 Å². The van der Waals surface area contributed by atoms with E-state index in [1.165, 1.54) is 37.8 Å². The Labute approximate surface area is 158 Å². The Morgan fingerprint density at radius 1 is 1.15 bits per heavy atom. The Bertz CT molecular complexity index is 768. The van der Waals surface area contributed by atoms with Crippen LogP contribution in [0.1, 0.15) is 63.2 Å². The summed E-state index contributed by atoms with van der Waals surface area (Å²) in [6.07, 6.45) is 8.77. The van der Waals surface area contributed by atoms with Gasteiger partial charge in [-0.2, -0.15) is 4.98 Å². The SMILES string of the molecule is O=C(CCC1CCCC1)N1CCC[C@@H](c2nc(-c3ccc(F)cc3)no2)C1. The lowest BCUT2D eigenvalue weighted by Gasteiger charge is -2.31. The third-order valence-electron chi connectivity index (χ3n) is 5.91. The van der Waals surface area contributed by atoms with E-state index in [9.17, 15) is 9.18 Å². The minimum Gasteiger partial charge on any atom is -0.342 e. The second-order valence-electron chi connectivity index (χ2n) is 7.83. The molecule has 2 heterocycles. The van der Waals surface area contributed by atoms with Crippen molar-refractivity contribution in [3.8, 4) is 11.4 Å².